The van der Waals surface area contributed by atoms with Crippen LogP contribution in [0.25, 0.3) is 0 Å². The van der Waals surface area contributed by atoms with Crippen molar-refractivity contribution in [3.8, 4) is 0 Å². The summed E-state index contributed by atoms with van der Waals surface area (Å²) in [7, 11) is -3.31. The van der Waals surface area contributed by atoms with Crippen molar-refractivity contribution < 1.29 is 13.2 Å². The molecule has 0 saturated carbocycles. The Labute approximate surface area is 112 Å². The average Bonchev–Trinajstić information content (AvgIpc) is 2.06. The maximum atomic E-state index is 11.3. The summed E-state index contributed by atoms with van der Waals surface area (Å²) in [6, 6.07) is 4.93. The summed E-state index contributed by atoms with van der Waals surface area (Å²) in [4.78, 5) is 11.3. The van der Waals surface area contributed by atoms with Gasteiger partial charge in [-0.1, -0.05) is 11.6 Å². The Kier molecular flexibility index (Phi) is 4.57. The molecule has 1 amide bonds. The molecule has 88 valence electrons. The molecule has 0 unspecified atom stereocenters. The molecule has 1 aromatic carbocycles. The van der Waals surface area contributed by atoms with Gasteiger partial charge in [0, 0.05) is 14.8 Å². The molecule has 0 aliphatic rings. The van der Waals surface area contributed by atoms with Gasteiger partial charge in [0.05, 0.1) is 5.69 Å². The van der Waals surface area contributed by atoms with Gasteiger partial charge in [-0.05, 0) is 40.8 Å². The van der Waals surface area contributed by atoms with Crippen molar-refractivity contribution in [1.29, 1.82) is 0 Å². The van der Waals surface area contributed by atoms with E-state index in [0.29, 0.717) is 10.7 Å². The Hall–Kier alpha value is -0.340. The Morgan fingerprint density at radius 2 is 2.12 bits per heavy atom. The first-order valence-corrected chi connectivity index (χ1v) is 7.72. The molecule has 0 bridgehead atoms. The van der Waals surface area contributed by atoms with Gasteiger partial charge in [0.2, 0.25) is 5.91 Å². The molecule has 1 aromatic rings. The van der Waals surface area contributed by atoms with Crippen LogP contribution in [0.2, 0.25) is 5.02 Å². The number of carbonyl (C=O) groups is 1. The lowest BCUT2D eigenvalue weighted by Gasteiger charge is -2.06. The molecule has 0 spiro atoms. The Balaban J connectivity index is 2.78. The summed E-state index contributed by atoms with van der Waals surface area (Å²) in [5.41, 5.74) is 0.554. The van der Waals surface area contributed by atoms with E-state index >= 15 is 0 Å². The quantitative estimate of drug-likeness (QED) is 0.824. The summed E-state index contributed by atoms with van der Waals surface area (Å²) in [6.07, 6.45) is 1.01. The Bertz CT molecular complexity index is 515. The van der Waals surface area contributed by atoms with E-state index in [9.17, 15) is 13.2 Å². The first kappa shape index (κ1) is 13.7. The molecule has 0 aliphatic heterocycles. The minimum Gasteiger partial charge on any atom is -0.324 e. The number of halogens is 2. The number of nitrogens with one attached hydrogen (secondary N) is 1. The molecule has 0 aliphatic carbocycles. The molecule has 7 heteroatoms. The Morgan fingerprint density at radius 1 is 1.50 bits per heavy atom. The highest BCUT2D eigenvalue weighted by Crippen LogP contribution is 2.22. The number of rotatable bonds is 3. The van der Waals surface area contributed by atoms with E-state index in [2.05, 4.69) is 5.32 Å². The number of hydrogen-bond donors (Lipinski definition) is 1. The second kappa shape index (κ2) is 5.33. The van der Waals surface area contributed by atoms with Crippen LogP contribution in [0.4, 0.5) is 5.69 Å². The van der Waals surface area contributed by atoms with Gasteiger partial charge >= 0.3 is 0 Å². The predicted molar refractivity (Wildman–Crippen MR) is 72.5 cm³/mol. The van der Waals surface area contributed by atoms with E-state index in [4.69, 9.17) is 11.6 Å². The zero-order valence-electron chi connectivity index (χ0n) is 8.33. The fraction of sp³-hybridized carbons (Fsp3) is 0.222. The number of benzene rings is 1. The fourth-order valence-electron chi connectivity index (χ4n) is 1.02. The largest absolute Gasteiger partial charge is 0.324 e. The van der Waals surface area contributed by atoms with Crippen LogP contribution in [0, 0.1) is 3.57 Å². The van der Waals surface area contributed by atoms with E-state index in [0.717, 1.165) is 9.83 Å². The first-order valence-electron chi connectivity index (χ1n) is 4.20. The predicted octanol–water partition coefficient (Wildman–Crippen LogP) is 1.93. The van der Waals surface area contributed by atoms with Gasteiger partial charge in [-0.15, -0.1) is 0 Å². The highest BCUT2D eigenvalue weighted by atomic mass is 127. The van der Waals surface area contributed by atoms with E-state index < -0.39 is 21.5 Å². The van der Waals surface area contributed by atoms with E-state index in [1.165, 1.54) is 0 Å². The lowest BCUT2D eigenvalue weighted by atomic mass is 10.3. The second-order valence-corrected chi connectivity index (χ2v) is 6.98. The summed E-state index contributed by atoms with van der Waals surface area (Å²) >= 11 is 7.75. The van der Waals surface area contributed by atoms with Crippen LogP contribution in [0.15, 0.2) is 18.2 Å². The van der Waals surface area contributed by atoms with E-state index in [1.54, 1.807) is 18.2 Å². The number of carbonyl (C=O) groups excluding carboxylic acids is 1. The van der Waals surface area contributed by atoms with Crippen LogP contribution < -0.4 is 5.32 Å². The van der Waals surface area contributed by atoms with E-state index in [-0.39, 0.29) is 0 Å². The summed E-state index contributed by atoms with van der Waals surface area (Å²) < 4.78 is 22.5. The normalized spacial score (nSPS) is 11.2. The van der Waals surface area contributed by atoms with Crippen molar-refractivity contribution in [2.75, 3.05) is 17.3 Å². The van der Waals surface area contributed by atoms with Gasteiger partial charge in [-0.3, -0.25) is 4.79 Å². The number of sulfone groups is 1. The number of anilines is 1. The maximum absolute atomic E-state index is 11.3. The third kappa shape index (κ3) is 4.67. The van der Waals surface area contributed by atoms with Gasteiger partial charge in [-0.25, -0.2) is 8.42 Å². The maximum Gasteiger partial charge on any atom is 0.239 e. The zero-order chi connectivity index (χ0) is 12.3. The smallest absolute Gasteiger partial charge is 0.239 e. The first-order chi connectivity index (χ1) is 7.28. The molecule has 1 N–H and O–H groups in total. The third-order valence-electron chi connectivity index (χ3n) is 1.60. The minimum atomic E-state index is -3.31. The van der Waals surface area contributed by atoms with Crippen molar-refractivity contribution in [3.05, 3.63) is 26.8 Å². The highest BCUT2D eigenvalue weighted by molar-refractivity contribution is 14.1. The van der Waals surface area contributed by atoms with Gasteiger partial charge in [0.25, 0.3) is 0 Å². The molecule has 0 fully saturated rings. The molecule has 0 radical (unpaired) electrons. The summed E-state index contributed by atoms with van der Waals surface area (Å²) in [5.74, 6) is -1.08. The van der Waals surface area contributed by atoms with Crippen molar-refractivity contribution >= 4 is 55.6 Å². The SMILES string of the molecule is CS(=O)(=O)CC(=O)Nc1ccc(Cl)cc1I. The summed E-state index contributed by atoms with van der Waals surface area (Å²) in [5, 5.41) is 3.07. The Morgan fingerprint density at radius 3 is 2.62 bits per heavy atom. The van der Waals surface area contributed by atoms with Crippen molar-refractivity contribution in [1.82, 2.24) is 0 Å². The van der Waals surface area contributed by atoms with Crippen molar-refractivity contribution in [2.24, 2.45) is 0 Å². The van der Waals surface area contributed by atoms with Crippen LogP contribution >= 0.6 is 34.2 Å². The minimum absolute atomic E-state index is 0.522. The lowest BCUT2D eigenvalue weighted by Crippen LogP contribution is -2.22. The second-order valence-electron chi connectivity index (χ2n) is 3.24. The third-order valence-corrected chi connectivity index (χ3v) is 3.51. The van der Waals surface area contributed by atoms with Crippen LogP contribution in [0.3, 0.4) is 0 Å². The topological polar surface area (TPSA) is 63.2 Å². The number of hydrogen-bond acceptors (Lipinski definition) is 3. The molecular weight excluding hydrogens is 365 g/mol. The van der Waals surface area contributed by atoms with Crippen LogP contribution in [-0.2, 0) is 14.6 Å². The molecule has 0 aromatic heterocycles. The standard InChI is InChI=1S/C9H9ClINO3S/c1-16(14,15)5-9(13)12-8-3-2-6(10)4-7(8)11/h2-4H,5H2,1H3,(H,12,13). The monoisotopic (exact) mass is 373 g/mol. The molecule has 0 saturated heterocycles. The van der Waals surface area contributed by atoms with E-state index in [1.807, 2.05) is 22.6 Å². The molecule has 16 heavy (non-hydrogen) atoms. The lowest BCUT2D eigenvalue weighted by molar-refractivity contribution is -0.113. The van der Waals surface area contributed by atoms with Crippen molar-refractivity contribution in [2.45, 2.75) is 0 Å². The number of amides is 1. The molecular formula is C9H9ClINO3S. The van der Waals surface area contributed by atoms with Crippen molar-refractivity contribution in [3.63, 3.8) is 0 Å². The van der Waals surface area contributed by atoms with Crippen LogP contribution in [0.1, 0.15) is 0 Å². The molecule has 1 rings (SSSR count). The molecule has 4 nitrogen and oxygen atoms in total. The molecule has 0 atom stereocenters. The molecule has 0 heterocycles. The van der Waals surface area contributed by atoms with Crippen LogP contribution in [-0.4, -0.2) is 26.3 Å². The fourth-order valence-corrected chi connectivity index (χ4v) is 2.57. The van der Waals surface area contributed by atoms with Crippen LogP contribution in [0.5, 0.6) is 0 Å². The van der Waals surface area contributed by atoms with Gasteiger partial charge in [0.15, 0.2) is 9.84 Å². The zero-order valence-corrected chi connectivity index (χ0v) is 12.1. The van der Waals surface area contributed by atoms with Gasteiger partial charge in [0.1, 0.15) is 5.75 Å². The van der Waals surface area contributed by atoms with Gasteiger partial charge < -0.3 is 5.32 Å². The summed E-state index contributed by atoms with van der Waals surface area (Å²) in [6.45, 7) is 0. The van der Waals surface area contributed by atoms with Gasteiger partial charge in [-0.2, -0.15) is 0 Å². The highest BCUT2D eigenvalue weighted by Gasteiger charge is 2.12. The average molecular weight is 374 g/mol.